The fourth-order valence-corrected chi connectivity index (χ4v) is 2.81. The van der Waals surface area contributed by atoms with Crippen molar-refractivity contribution in [3.05, 3.63) is 64.0 Å². The van der Waals surface area contributed by atoms with E-state index in [1.165, 1.54) is 6.07 Å². The molecule has 3 rings (SSSR count). The molecular weight excluding hydrogens is 371 g/mol. The Morgan fingerprint density at radius 3 is 2.52 bits per heavy atom. The van der Waals surface area contributed by atoms with Gasteiger partial charge in [-0.05, 0) is 37.3 Å². The van der Waals surface area contributed by atoms with Crippen molar-refractivity contribution in [2.45, 2.75) is 13.5 Å². The van der Waals surface area contributed by atoms with Gasteiger partial charge < -0.3 is 9.32 Å². The monoisotopic (exact) mass is 383 g/mol. The van der Waals surface area contributed by atoms with Gasteiger partial charge in [0.15, 0.2) is 11.6 Å². The molecule has 4 nitrogen and oxygen atoms in total. The second-order valence-electron chi connectivity index (χ2n) is 5.24. The van der Waals surface area contributed by atoms with Gasteiger partial charge in [-0.1, -0.05) is 23.2 Å². The third-order valence-electron chi connectivity index (χ3n) is 3.60. The van der Waals surface area contributed by atoms with E-state index in [1.54, 1.807) is 23.1 Å². The topological polar surface area (TPSA) is 42.2 Å². The predicted molar refractivity (Wildman–Crippen MR) is 92.8 cm³/mol. The van der Waals surface area contributed by atoms with Crippen molar-refractivity contribution in [1.82, 2.24) is 10.2 Å². The van der Waals surface area contributed by atoms with Crippen LogP contribution in [0.3, 0.4) is 0 Å². The van der Waals surface area contributed by atoms with Crippen LogP contribution >= 0.6 is 23.2 Å². The molecule has 8 heteroatoms. The van der Waals surface area contributed by atoms with Gasteiger partial charge in [-0.25, -0.2) is 8.78 Å². The first-order valence-corrected chi connectivity index (χ1v) is 8.21. The number of anilines is 1. The molecule has 0 aliphatic carbocycles. The SMILES string of the molecule is CCN(Cc1nnc(-c2ccc(Cl)cc2Cl)o1)c1ccc(F)c(F)c1. The van der Waals surface area contributed by atoms with Gasteiger partial charge in [0.05, 0.1) is 17.1 Å². The minimum absolute atomic E-state index is 0.250. The molecule has 0 fully saturated rings. The van der Waals surface area contributed by atoms with Crippen molar-refractivity contribution in [1.29, 1.82) is 0 Å². The van der Waals surface area contributed by atoms with Crippen molar-refractivity contribution in [2.24, 2.45) is 0 Å². The summed E-state index contributed by atoms with van der Waals surface area (Å²) in [5, 5.41) is 8.88. The summed E-state index contributed by atoms with van der Waals surface area (Å²) < 4.78 is 32.2. The lowest BCUT2D eigenvalue weighted by Crippen LogP contribution is -2.22. The van der Waals surface area contributed by atoms with Gasteiger partial charge in [-0.2, -0.15) is 0 Å². The predicted octanol–water partition coefficient (Wildman–Crippen LogP) is 5.35. The number of hydrogen-bond acceptors (Lipinski definition) is 4. The van der Waals surface area contributed by atoms with E-state index in [1.807, 2.05) is 6.92 Å². The van der Waals surface area contributed by atoms with E-state index >= 15 is 0 Å². The van der Waals surface area contributed by atoms with Crippen LogP contribution in [0.5, 0.6) is 0 Å². The average Bonchev–Trinajstić information content (AvgIpc) is 3.03. The van der Waals surface area contributed by atoms with Crippen molar-refractivity contribution in [3.63, 3.8) is 0 Å². The average molecular weight is 384 g/mol. The second kappa shape index (κ2) is 7.37. The number of benzene rings is 2. The molecule has 0 aliphatic rings. The zero-order chi connectivity index (χ0) is 18.0. The number of nitrogens with zero attached hydrogens (tertiary/aromatic N) is 3. The molecule has 2 aromatic carbocycles. The summed E-state index contributed by atoms with van der Waals surface area (Å²) in [6.07, 6.45) is 0. The van der Waals surface area contributed by atoms with Gasteiger partial charge in [0.1, 0.15) is 0 Å². The summed E-state index contributed by atoms with van der Waals surface area (Å²) in [4.78, 5) is 1.78. The van der Waals surface area contributed by atoms with Crippen LogP contribution in [0, 0.1) is 11.6 Å². The van der Waals surface area contributed by atoms with Crippen molar-refractivity contribution in [2.75, 3.05) is 11.4 Å². The van der Waals surface area contributed by atoms with Gasteiger partial charge >= 0.3 is 0 Å². The molecule has 1 aromatic heterocycles. The van der Waals surface area contributed by atoms with Gasteiger partial charge in [0.2, 0.25) is 11.8 Å². The maximum atomic E-state index is 13.4. The Balaban J connectivity index is 1.82. The van der Waals surface area contributed by atoms with E-state index in [4.69, 9.17) is 27.6 Å². The highest BCUT2D eigenvalue weighted by atomic mass is 35.5. The molecule has 0 spiro atoms. The standard InChI is InChI=1S/C17H13Cl2F2N3O/c1-2-24(11-4-6-14(20)15(21)8-11)9-16-22-23-17(25-16)12-5-3-10(18)7-13(12)19/h3-8H,2,9H2,1H3. The first-order valence-electron chi connectivity index (χ1n) is 7.45. The number of aromatic nitrogens is 2. The Kier molecular flexibility index (Phi) is 5.20. The lowest BCUT2D eigenvalue weighted by atomic mass is 10.2. The zero-order valence-corrected chi connectivity index (χ0v) is 14.7. The Labute approximate surface area is 153 Å². The van der Waals surface area contributed by atoms with Crippen molar-refractivity contribution < 1.29 is 13.2 Å². The number of rotatable bonds is 5. The minimum Gasteiger partial charge on any atom is -0.419 e. The third kappa shape index (κ3) is 3.91. The van der Waals surface area contributed by atoms with Crippen LogP contribution in [0.1, 0.15) is 12.8 Å². The number of halogens is 4. The Morgan fingerprint density at radius 1 is 1.04 bits per heavy atom. The largest absolute Gasteiger partial charge is 0.419 e. The van der Waals surface area contributed by atoms with E-state index in [0.29, 0.717) is 33.7 Å². The maximum Gasteiger partial charge on any atom is 0.249 e. The second-order valence-corrected chi connectivity index (χ2v) is 6.08. The van der Waals surface area contributed by atoms with Gasteiger partial charge in [0, 0.05) is 23.3 Å². The summed E-state index contributed by atoms with van der Waals surface area (Å²) in [5.74, 6) is -1.21. The highest BCUT2D eigenvalue weighted by molar-refractivity contribution is 6.36. The van der Waals surface area contributed by atoms with Crippen molar-refractivity contribution in [3.8, 4) is 11.5 Å². The highest BCUT2D eigenvalue weighted by Crippen LogP contribution is 2.30. The zero-order valence-electron chi connectivity index (χ0n) is 13.1. The summed E-state index contributed by atoms with van der Waals surface area (Å²) in [6, 6.07) is 8.66. The van der Waals surface area contributed by atoms with Gasteiger partial charge in [-0.3, -0.25) is 0 Å². The van der Waals surface area contributed by atoms with Crippen LogP contribution < -0.4 is 4.90 Å². The first kappa shape index (κ1) is 17.6. The normalized spacial score (nSPS) is 10.9. The quantitative estimate of drug-likeness (QED) is 0.595. The Bertz CT molecular complexity index is 901. The Hall–Kier alpha value is -2.18. The van der Waals surface area contributed by atoms with E-state index < -0.39 is 11.6 Å². The lowest BCUT2D eigenvalue weighted by molar-refractivity contribution is 0.496. The molecule has 0 atom stereocenters. The van der Waals surface area contributed by atoms with Crippen LogP contribution in [-0.4, -0.2) is 16.7 Å². The van der Waals surface area contributed by atoms with Gasteiger partial charge in [-0.15, -0.1) is 10.2 Å². The molecule has 0 radical (unpaired) electrons. The molecule has 0 N–H and O–H groups in total. The summed E-state index contributed by atoms with van der Waals surface area (Å²) in [5.41, 5.74) is 1.09. The molecule has 1 heterocycles. The van der Waals surface area contributed by atoms with E-state index in [0.717, 1.165) is 12.1 Å². The van der Waals surface area contributed by atoms with Crippen LogP contribution in [-0.2, 0) is 6.54 Å². The maximum absolute atomic E-state index is 13.4. The van der Waals surface area contributed by atoms with Crippen LogP contribution in [0.25, 0.3) is 11.5 Å². The fourth-order valence-electron chi connectivity index (χ4n) is 2.32. The molecule has 25 heavy (non-hydrogen) atoms. The number of hydrogen-bond donors (Lipinski definition) is 0. The van der Waals surface area contributed by atoms with Crippen LogP contribution in [0.2, 0.25) is 10.0 Å². The highest BCUT2D eigenvalue weighted by Gasteiger charge is 2.16. The Morgan fingerprint density at radius 2 is 1.84 bits per heavy atom. The molecule has 0 bridgehead atoms. The van der Waals surface area contributed by atoms with E-state index in [2.05, 4.69) is 10.2 Å². The summed E-state index contributed by atoms with van der Waals surface area (Å²) in [7, 11) is 0. The minimum atomic E-state index is -0.907. The summed E-state index contributed by atoms with van der Waals surface area (Å²) >= 11 is 12.0. The smallest absolute Gasteiger partial charge is 0.249 e. The lowest BCUT2D eigenvalue weighted by Gasteiger charge is -2.21. The molecular formula is C17H13Cl2F2N3O. The van der Waals surface area contributed by atoms with Gasteiger partial charge in [0.25, 0.3) is 0 Å². The fraction of sp³-hybridized carbons (Fsp3) is 0.176. The van der Waals surface area contributed by atoms with Crippen LogP contribution in [0.4, 0.5) is 14.5 Å². The molecule has 0 saturated heterocycles. The molecule has 0 amide bonds. The molecule has 3 aromatic rings. The molecule has 0 aliphatic heterocycles. The summed E-state index contributed by atoms with van der Waals surface area (Å²) in [6.45, 7) is 2.68. The molecule has 0 saturated carbocycles. The van der Waals surface area contributed by atoms with Crippen molar-refractivity contribution >= 4 is 28.9 Å². The molecule has 0 unspecified atom stereocenters. The third-order valence-corrected chi connectivity index (χ3v) is 4.15. The van der Waals surface area contributed by atoms with E-state index in [-0.39, 0.29) is 12.4 Å². The first-order chi connectivity index (χ1) is 12.0. The van der Waals surface area contributed by atoms with E-state index in [9.17, 15) is 8.78 Å². The van der Waals surface area contributed by atoms with Crippen LogP contribution in [0.15, 0.2) is 40.8 Å². The molecule has 130 valence electrons.